The van der Waals surface area contributed by atoms with E-state index in [1.807, 2.05) is 51.1 Å². The Morgan fingerprint density at radius 2 is 1.77 bits per heavy atom. The minimum Gasteiger partial charge on any atom is -0.493 e. The first kappa shape index (κ1) is 23.7. The molecule has 4 aromatic rings. The van der Waals surface area contributed by atoms with Gasteiger partial charge < -0.3 is 23.3 Å². The maximum Gasteiger partial charge on any atom is 0.331 e. The second kappa shape index (κ2) is 10.7. The largest absolute Gasteiger partial charge is 0.493 e. The predicted octanol–water partition coefficient (Wildman–Crippen LogP) is 4.99. The van der Waals surface area contributed by atoms with Gasteiger partial charge in [-0.25, -0.2) is 4.79 Å². The van der Waals surface area contributed by atoms with E-state index in [1.165, 1.54) is 6.08 Å². The van der Waals surface area contributed by atoms with Gasteiger partial charge >= 0.3 is 5.97 Å². The van der Waals surface area contributed by atoms with Crippen molar-refractivity contribution in [3.63, 3.8) is 0 Å². The number of carbonyl (C=O) groups excluding carboxylic acids is 1. The first-order valence-electron chi connectivity index (χ1n) is 10.9. The Bertz CT molecular complexity index is 1320. The van der Waals surface area contributed by atoms with Gasteiger partial charge in [0.05, 0.1) is 18.4 Å². The van der Waals surface area contributed by atoms with Crippen molar-refractivity contribution in [1.82, 2.24) is 15.3 Å². The van der Waals surface area contributed by atoms with Gasteiger partial charge in [-0.3, -0.25) is 0 Å². The lowest BCUT2D eigenvalue weighted by Gasteiger charge is -2.11. The third kappa shape index (κ3) is 5.94. The fraction of sp³-hybridized carbons (Fsp3) is 0.231. The third-order valence-corrected chi connectivity index (χ3v) is 5.26. The van der Waals surface area contributed by atoms with Gasteiger partial charge in [-0.2, -0.15) is 4.98 Å². The number of nitrogens with zero attached hydrogens (tertiary/aromatic N) is 3. The lowest BCUT2D eigenvalue weighted by molar-refractivity contribution is -0.139. The highest BCUT2D eigenvalue weighted by molar-refractivity contribution is 5.87. The van der Waals surface area contributed by atoms with Crippen molar-refractivity contribution >= 4 is 12.0 Å². The minimum absolute atomic E-state index is 0.101. The summed E-state index contributed by atoms with van der Waals surface area (Å²) in [4.78, 5) is 16.4. The molecule has 2 aromatic carbocycles. The molecule has 180 valence electrons. The third-order valence-electron chi connectivity index (χ3n) is 5.26. The Morgan fingerprint density at radius 1 is 0.971 bits per heavy atom. The highest BCUT2D eigenvalue weighted by Gasteiger charge is 2.13. The van der Waals surface area contributed by atoms with Crippen molar-refractivity contribution in [3.05, 3.63) is 82.5 Å². The highest BCUT2D eigenvalue weighted by atomic mass is 16.5. The Morgan fingerprint density at radius 3 is 2.49 bits per heavy atom. The van der Waals surface area contributed by atoms with Crippen LogP contribution in [0.15, 0.2) is 57.6 Å². The molecule has 0 fully saturated rings. The quantitative estimate of drug-likeness (QED) is 0.244. The van der Waals surface area contributed by atoms with E-state index in [0.29, 0.717) is 29.8 Å². The SMILES string of the molecule is COc1cc(/C=C/C(=O)OCc2noc(-c3ccc(C)cc3)n2)ccc1OCc1c(C)noc1C. The van der Waals surface area contributed by atoms with Crippen molar-refractivity contribution < 1.29 is 28.1 Å². The second-order valence-electron chi connectivity index (χ2n) is 7.82. The van der Waals surface area contributed by atoms with E-state index in [4.69, 9.17) is 23.3 Å². The zero-order valence-electron chi connectivity index (χ0n) is 19.9. The summed E-state index contributed by atoms with van der Waals surface area (Å²) in [6, 6.07) is 13.0. The zero-order chi connectivity index (χ0) is 24.8. The van der Waals surface area contributed by atoms with Crippen molar-refractivity contribution in [2.75, 3.05) is 7.11 Å². The number of aromatic nitrogens is 3. The predicted molar refractivity (Wildman–Crippen MR) is 127 cm³/mol. The molecular weight excluding hydrogens is 450 g/mol. The molecule has 0 bridgehead atoms. The van der Waals surface area contributed by atoms with Gasteiger partial charge in [-0.15, -0.1) is 0 Å². The van der Waals surface area contributed by atoms with Gasteiger partial charge in [0.2, 0.25) is 5.82 Å². The lowest BCUT2D eigenvalue weighted by atomic mass is 10.1. The summed E-state index contributed by atoms with van der Waals surface area (Å²) in [7, 11) is 1.55. The van der Waals surface area contributed by atoms with Crippen LogP contribution in [-0.4, -0.2) is 28.4 Å². The molecule has 0 spiro atoms. The molecule has 0 N–H and O–H groups in total. The average molecular weight is 476 g/mol. The molecule has 0 saturated heterocycles. The highest BCUT2D eigenvalue weighted by Crippen LogP contribution is 2.30. The normalized spacial score (nSPS) is 11.1. The molecular formula is C26H25N3O6. The number of hydrogen-bond acceptors (Lipinski definition) is 9. The van der Waals surface area contributed by atoms with Gasteiger partial charge in [-0.1, -0.05) is 34.1 Å². The van der Waals surface area contributed by atoms with Crippen LogP contribution < -0.4 is 9.47 Å². The summed E-state index contributed by atoms with van der Waals surface area (Å²) in [6.45, 7) is 5.90. The molecule has 0 atom stereocenters. The number of esters is 1. The van der Waals surface area contributed by atoms with Crippen LogP contribution in [0.5, 0.6) is 11.5 Å². The number of methoxy groups -OCH3 is 1. The molecule has 9 nitrogen and oxygen atoms in total. The minimum atomic E-state index is -0.538. The molecule has 35 heavy (non-hydrogen) atoms. The Hall–Kier alpha value is -4.40. The van der Waals surface area contributed by atoms with Crippen molar-refractivity contribution in [2.45, 2.75) is 34.0 Å². The Kier molecular flexibility index (Phi) is 7.25. The first-order chi connectivity index (χ1) is 16.9. The van der Waals surface area contributed by atoms with Gasteiger partial charge in [-0.05, 0) is 56.7 Å². The van der Waals surface area contributed by atoms with E-state index >= 15 is 0 Å². The Labute approximate surface area is 202 Å². The number of aryl methyl sites for hydroxylation is 3. The summed E-state index contributed by atoms with van der Waals surface area (Å²) < 4.78 is 26.9. The van der Waals surface area contributed by atoms with E-state index in [-0.39, 0.29) is 12.4 Å². The average Bonchev–Trinajstić information content (AvgIpc) is 3.47. The zero-order valence-corrected chi connectivity index (χ0v) is 19.9. The fourth-order valence-electron chi connectivity index (χ4n) is 3.24. The molecule has 2 heterocycles. The molecule has 2 aromatic heterocycles. The first-order valence-corrected chi connectivity index (χ1v) is 10.9. The van der Waals surface area contributed by atoms with Crippen LogP contribution >= 0.6 is 0 Å². The molecule has 0 radical (unpaired) electrons. The fourth-order valence-corrected chi connectivity index (χ4v) is 3.24. The van der Waals surface area contributed by atoms with Crippen LogP contribution in [0.25, 0.3) is 17.5 Å². The molecule has 0 saturated carbocycles. The number of rotatable bonds is 9. The maximum atomic E-state index is 12.2. The van der Waals surface area contributed by atoms with E-state index < -0.39 is 5.97 Å². The molecule has 0 aliphatic rings. The molecule has 0 aliphatic heterocycles. The van der Waals surface area contributed by atoms with Crippen LogP contribution in [0.3, 0.4) is 0 Å². The molecule has 0 amide bonds. The topological polar surface area (TPSA) is 110 Å². The van der Waals surface area contributed by atoms with Crippen LogP contribution in [-0.2, 0) is 22.7 Å². The standard InChI is InChI=1S/C26H25N3O6/c1-16-5-9-20(10-6-16)26-27-24(29-35-26)15-33-25(30)12-8-19-7-11-22(23(13-19)31-4)32-14-21-17(2)28-34-18(21)3/h5-13H,14-15H2,1-4H3/b12-8+. The number of benzene rings is 2. The van der Waals surface area contributed by atoms with Crippen LogP contribution in [0, 0.1) is 20.8 Å². The maximum absolute atomic E-state index is 12.2. The van der Waals surface area contributed by atoms with E-state index in [9.17, 15) is 4.79 Å². The van der Waals surface area contributed by atoms with E-state index in [1.54, 1.807) is 25.3 Å². The van der Waals surface area contributed by atoms with Gasteiger partial charge in [0.25, 0.3) is 5.89 Å². The van der Waals surface area contributed by atoms with Gasteiger partial charge in [0.1, 0.15) is 12.4 Å². The summed E-state index contributed by atoms with van der Waals surface area (Å²) in [5, 5.41) is 7.78. The smallest absolute Gasteiger partial charge is 0.331 e. The van der Waals surface area contributed by atoms with Crippen molar-refractivity contribution in [1.29, 1.82) is 0 Å². The summed E-state index contributed by atoms with van der Waals surface area (Å²) in [5.74, 6) is 1.92. The summed E-state index contributed by atoms with van der Waals surface area (Å²) in [6.07, 6.45) is 2.94. The van der Waals surface area contributed by atoms with Crippen LogP contribution in [0.4, 0.5) is 0 Å². The number of carbonyl (C=O) groups is 1. The number of ether oxygens (including phenoxy) is 3. The van der Waals surface area contributed by atoms with Crippen molar-refractivity contribution in [2.24, 2.45) is 0 Å². The van der Waals surface area contributed by atoms with E-state index in [2.05, 4.69) is 15.3 Å². The second-order valence-corrected chi connectivity index (χ2v) is 7.82. The molecule has 4 rings (SSSR count). The lowest BCUT2D eigenvalue weighted by Crippen LogP contribution is -2.02. The molecule has 0 aliphatic carbocycles. The monoisotopic (exact) mass is 475 g/mol. The Balaban J connectivity index is 1.32. The molecule has 9 heteroatoms. The summed E-state index contributed by atoms with van der Waals surface area (Å²) >= 11 is 0. The molecule has 0 unspecified atom stereocenters. The van der Waals surface area contributed by atoms with Gasteiger partial charge in [0, 0.05) is 11.6 Å². The number of hydrogen-bond donors (Lipinski definition) is 0. The van der Waals surface area contributed by atoms with Crippen LogP contribution in [0.1, 0.15) is 34.0 Å². The van der Waals surface area contributed by atoms with E-state index in [0.717, 1.165) is 27.9 Å². The van der Waals surface area contributed by atoms with Crippen LogP contribution in [0.2, 0.25) is 0 Å². The van der Waals surface area contributed by atoms with Gasteiger partial charge in [0.15, 0.2) is 18.1 Å². The summed E-state index contributed by atoms with van der Waals surface area (Å²) in [5.41, 5.74) is 4.35. The van der Waals surface area contributed by atoms with Crippen molar-refractivity contribution in [3.8, 4) is 23.0 Å².